The number of carbonyl (C=O) groups excluding carboxylic acids is 1. The number of hydrogen-bond acceptors (Lipinski definition) is 8. The molecule has 3 heterocycles. The van der Waals surface area contributed by atoms with Crippen LogP contribution >= 0.6 is 0 Å². The van der Waals surface area contributed by atoms with Crippen molar-refractivity contribution in [1.82, 2.24) is 14.9 Å². The monoisotopic (exact) mass is 397 g/mol. The Hall–Kier alpha value is -2.10. The van der Waals surface area contributed by atoms with E-state index in [1.807, 2.05) is 11.9 Å². The van der Waals surface area contributed by atoms with Gasteiger partial charge in [-0.3, -0.25) is 0 Å². The lowest BCUT2D eigenvalue weighted by atomic mass is 10.1. The van der Waals surface area contributed by atoms with Crippen molar-refractivity contribution in [1.29, 1.82) is 0 Å². The van der Waals surface area contributed by atoms with Gasteiger partial charge in [-0.1, -0.05) is 0 Å². The van der Waals surface area contributed by atoms with E-state index >= 15 is 0 Å². The minimum atomic E-state index is -2.95. The van der Waals surface area contributed by atoms with Crippen LogP contribution in [-0.4, -0.2) is 79.7 Å². The molecule has 1 aromatic rings. The third-order valence-electron chi connectivity index (χ3n) is 5.09. The lowest BCUT2D eigenvalue weighted by Crippen LogP contribution is -2.42. The minimum absolute atomic E-state index is 0.0851. The van der Waals surface area contributed by atoms with Crippen molar-refractivity contribution in [2.45, 2.75) is 38.3 Å². The summed E-state index contributed by atoms with van der Waals surface area (Å²) >= 11 is 0. The average Bonchev–Trinajstić information content (AvgIpc) is 3.02. The normalized spacial score (nSPS) is 22.4. The molecule has 0 spiro atoms. The standard InChI is InChI=1S/C17H27N5O4S/c1-3-26-17(23)22-9-5-13(6-10-22)19-15-4-8-18-16(20-15)21(2)14-7-11-27(24,25)12-14/h4,8,13-14H,3,5-7,9-12H2,1-2H3,(H,18,19,20). The SMILES string of the molecule is CCOC(=O)N1CCC(Nc2ccnc(N(C)C3CCS(=O)(=O)C3)n2)CC1. The fourth-order valence-electron chi connectivity index (χ4n) is 3.47. The van der Waals surface area contributed by atoms with Crippen LogP contribution in [0.25, 0.3) is 0 Å². The summed E-state index contributed by atoms with van der Waals surface area (Å²) in [5, 5.41) is 3.40. The number of sulfone groups is 1. The summed E-state index contributed by atoms with van der Waals surface area (Å²) in [7, 11) is -1.12. The van der Waals surface area contributed by atoms with Crippen LogP contribution in [0.5, 0.6) is 0 Å². The molecule has 0 aliphatic carbocycles. The molecule has 0 saturated carbocycles. The number of piperidine rings is 1. The highest BCUT2D eigenvalue weighted by Crippen LogP contribution is 2.22. The maximum atomic E-state index is 11.8. The topological polar surface area (TPSA) is 105 Å². The van der Waals surface area contributed by atoms with Gasteiger partial charge >= 0.3 is 6.09 Å². The molecule has 1 aromatic heterocycles. The molecule has 0 bridgehead atoms. The summed E-state index contributed by atoms with van der Waals surface area (Å²) in [6.07, 6.45) is 3.65. The first-order valence-corrected chi connectivity index (χ1v) is 11.1. The van der Waals surface area contributed by atoms with Gasteiger partial charge in [0.2, 0.25) is 5.95 Å². The van der Waals surface area contributed by atoms with Crippen molar-refractivity contribution in [3.63, 3.8) is 0 Å². The zero-order valence-corrected chi connectivity index (χ0v) is 16.6. The van der Waals surface area contributed by atoms with Crippen LogP contribution < -0.4 is 10.2 Å². The molecule has 1 N–H and O–H groups in total. The van der Waals surface area contributed by atoms with Gasteiger partial charge in [0.05, 0.1) is 18.1 Å². The number of likely N-dealkylation sites (tertiary alicyclic amines) is 1. The van der Waals surface area contributed by atoms with Crippen molar-refractivity contribution < 1.29 is 17.9 Å². The zero-order valence-electron chi connectivity index (χ0n) is 15.8. The average molecular weight is 398 g/mol. The Kier molecular flexibility index (Phi) is 6.03. The van der Waals surface area contributed by atoms with Gasteiger partial charge in [-0.2, -0.15) is 4.98 Å². The fourth-order valence-corrected chi connectivity index (χ4v) is 5.25. The molecule has 9 nitrogen and oxygen atoms in total. The fraction of sp³-hybridized carbons (Fsp3) is 0.706. The van der Waals surface area contributed by atoms with Crippen molar-refractivity contribution >= 4 is 27.7 Å². The molecule has 2 aliphatic rings. The largest absolute Gasteiger partial charge is 0.450 e. The second-order valence-electron chi connectivity index (χ2n) is 7.01. The van der Waals surface area contributed by atoms with Crippen LogP contribution in [0.3, 0.4) is 0 Å². The van der Waals surface area contributed by atoms with Gasteiger partial charge < -0.3 is 19.9 Å². The maximum Gasteiger partial charge on any atom is 0.409 e. The van der Waals surface area contributed by atoms with Crippen LogP contribution in [0.2, 0.25) is 0 Å². The molecule has 2 aliphatic heterocycles. The van der Waals surface area contributed by atoms with E-state index < -0.39 is 9.84 Å². The summed E-state index contributed by atoms with van der Waals surface area (Å²) in [6.45, 7) is 3.48. The Morgan fingerprint density at radius 2 is 2.11 bits per heavy atom. The van der Waals surface area contributed by atoms with Gasteiger partial charge in [0, 0.05) is 38.4 Å². The smallest absolute Gasteiger partial charge is 0.409 e. The predicted molar refractivity (Wildman–Crippen MR) is 103 cm³/mol. The number of anilines is 2. The highest BCUT2D eigenvalue weighted by Gasteiger charge is 2.32. The molecule has 0 aromatic carbocycles. The highest BCUT2D eigenvalue weighted by atomic mass is 32.2. The van der Waals surface area contributed by atoms with Crippen molar-refractivity contribution in [3.8, 4) is 0 Å². The van der Waals surface area contributed by atoms with Gasteiger partial charge in [-0.15, -0.1) is 0 Å². The third-order valence-corrected chi connectivity index (χ3v) is 6.84. The maximum absolute atomic E-state index is 11.8. The molecule has 3 rings (SSSR count). The summed E-state index contributed by atoms with van der Waals surface area (Å²) in [4.78, 5) is 24.2. The van der Waals surface area contributed by atoms with E-state index in [1.54, 1.807) is 24.1 Å². The Morgan fingerprint density at radius 1 is 1.37 bits per heavy atom. The van der Waals surface area contributed by atoms with E-state index in [9.17, 15) is 13.2 Å². The number of nitrogens with one attached hydrogen (secondary N) is 1. The van der Waals surface area contributed by atoms with Crippen LogP contribution in [0.15, 0.2) is 12.3 Å². The van der Waals surface area contributed by atoms with E-state index in [0.717, 1.165) is 12.8 Å². The van der Waals surface area contributed by atoms with Crippen molar-refractivity contribution in [3.05, 3.63) is 12.3 Å². The van der Waals surface area contributed by atoms with Crippen LogP contribution in [0.4, 0.5) is 16.6 Å². The molecular weight excluding hydrogens is 370 g/mol. The van der Waals surface area contributed by atoms with E-state index in [4.69, 9.17) is 4.74 Å². The summed E-state index contributed by atoms with van der Waals surface area (Å²) < 4.78 is 28.4. The summed E-state index contributed by atoms with van der Waals surface area (Å²) in [6, 6.07) is 1.94. The quantitative estimate of drug-likeness (QED) is 0.788. The second kappa shape index (κ2) is 8.28. The molecule has 1 amide bonds. The number of amides is 1. The minimum Gasteiger partial charge on any atom is -0.450 e. The first-order valence-electron chi connectivity index (χ1n) is 9.32. The molecule has 27 heavy (non-hydrogen) atoms. The second-order valence-corrected chi connectivity index (χ2v) is 9.24. The first kappa shape index (κ1) is 19.7. The lowest BCUT2D eigenvalue weighted by Gasteiger charge is -2.32. The Balaban J connectivity index is 1.56. The number of rotatable bonds is 5. The Labute approximate surface area is 160 Å². The number of hydrogen-bond donors (Lipinski definition) is 1. The predicted octanol–water partition coefficient (Wildman–Crippen LogP) is 1.13. The van der Waals surface area contributed by atoms with E-state index in [2.05, 4.69) is 15.3 Å². The van der Waals surface area contributed by atoms with Crippen LogP contribution in [-0.2, 0) is 14.6 Å². The first-order chi connectivity index (χ1) is 12.9. The van der Waals surface area contributed by atoms with Crippen molar-refractivity contribution in [2.75, 3.05) is 48.5 Å². The van der Waals surface area contributed by atoms with Crippen LogP contribution in [0, 0.1) is 0 Å². The molecule has 1 atom stereocenters. The summed E-state index contributed by atoms with van der Waals surface area (Å²) in [5.41, 5.74) is 0. The van der Waals surface area contributed by atoms with Gasteiger partial charge in [0.1, 0.15) is 5.82 Å². The molecule has 150 valence electrons. The number of carbonyl (C=O) groups is 1. The highest BCUT2D eigenvalue weighted by molar-refractivity contribution is 7.91. The third kappa shape index (κ3) is 5.00. The van der Waals surface area contributed by atoms with E-state index in [1.165, 1.54) is 0 Å². The number of ether oxygens (including phenoxy) is 1. The van der Waals surface area contributed by atoms with Gasteiger partial charge in [-0.25, -0.2) is 18.2 Å². The van der Waals surface area contributed by atoms with E-state index in [-0.39, 0.29) is 29.7 Å². The number of nitrogens with zero attached hydrogens (tertiary/aromatic N) is 4. The molecule has 10 heteroatoms. The van der Waals surface area contributed by atoms with Crippen molar-refractivity contribution in [2.24, 2.45) is 0 Å². The van der Waals surface area contributed by atoms with Gasteiger partial charge in [0.25, 0.3) is 0 Å². The van der Waals surface area contributed by atoms with Gasteiger partial charge in [-0.05, 0) is 32.3 Å². The lowest BCUT2D eigenvalue weighted by molar-refractivity contribution is 0.0983. The molecule has 2 fully saturated rings. The zero-order chi connectivity index (χ0) is 19.4. The summed E-state index contributed by atoms with van der Waals surface area (Å²) in [5.74, 6) is 1.60. The molecule has 0 radical (unpaired) electrons. The molecule has 2 saturated heterocycles. The Morgan fingerprint density at radius 3 is 2.74 bits per heavy atom. The van der Waals surface area contributed by atoms with E-state index in [0.29, 0.717) is 37.9 Å². The molecule has 1 unspecified atom stereocenters. The van der Waals surface area contributed by atoms with Gasteiger partial charge in [0.15, 0.2) is 9.84 Å². The van der Waals surface area contributed by atoms with Crippen LogP contribution in [0.1, 0.15) is 26.2 Å². The number of aromatic nitrogens is 2. The Bertz CT molecular complexity index is 764. The molecular formula is C17H27N5O4S.